The topological polar surface area (TPSA) is 87.0 Å². The van der Waals surface area contributed by atoms with Gasteiger partial charge in [-0.05, 0) is 42.7 Å². The van der Waals surface area contributed by atoms with Crippen molar-refractivity contribution in [3.05, 3.63) is 29.3 Å². The van der Waals surface area contributed by atoms with Gasteiger partial charge in [-0.3, -0.25) is 4.79 Å². The number of phenols is 1. The number of aromatic hydroxyl groups is 1. The third-order valence-corrected chi connectivity index (χ3v) is 4.60. The minimum atomic E-state index is -0.516. The highest BCUT2D eigenvalue weighted by atomic mass is 16.5. The number of aryl methyl sites for hydroxylation is 1. The fourth-order valence-electron chi connectivity index (χ4n) is 3.32. The Hall–Kier alpha value is -1.59. The van der Waals surface area contributed by atoms with Gasteiger partial charge in [-0.1, -0.05) is 18.2 Å². The smallest absolute Gasteiger partial charge is 0.305 e. The lowest BCUT2D eigenvalue weighted by atomic mass is 9.86. The minimum Gasteiger partial charge on any atom is -0.507 e. The van der Waals surface area contributed by atoms with E-state index < -0.39 is 6.10 Å². The van der Waals surface area contributed by atoms with Gasteiger partial charge in [-0.15, -0.1) is 0 Å². The average Bonchev–Trinajstić information content (AvgIpc) is 2.89. The summed E-state index contributed by atoms with van der Waals surface area (Å²) in [4.78, 5) is 11.1. The molecule has 0 unspecified atom stereocenters. The predicted octanol–water partition coefficient (Wildman–Crippen LogP) is 1.73. The molecular weight excluding hydrogens is 284 g/mol. The lowest BCUT2D eigenvalue weighted by Gasteiger charge is -2.22. The van der Waals surface area contributed by atoms with Crippen LogP contribution in [0.15, 0.2) is 18.2 Å². The molecule has 0 amide bonds. The van der Waals surface area contributed by atoms with Crippen molar-refractivity contribution in [1.82, 2.24) is 0 Å². The highest BCUT2D eigenvalue weighted by Gasteiger charge is 2.36. The van der Waals surface area contributed by atoms with Crippen molar-refractivity contribution in [3.63, 3.8) is 0 Å². The zero-order chi connectivity index (χ0) is 16.1. The van der Waals surface area contributed by atoms with Crippen LogP contribution in [0.4, 0.5) is 0 Å². The number of para-hydroxylation sites is 1. The van der Waals surface area contributed by atoms with E-state index in [1.165, 1.54) is 7.11 Å². The van der Waals surface area contributed by atoms with Gasteiger partial charge in [-0.25, -0.2) is 0 Å². The van der Waals surface area contributed by atoms with Crippen molar-refractivity contribution in [1.29, 1.82) is 0 Å². The molecule has 0 aliphatic heterocycles. The molecule has 0 saturated heterocycles. The predicted molar refractivity (Wildman–Crippen MR) is 81.6 cm³/mol. The van der Waals surface area contributed by atoms with Crippen LogP contribution in [0.1, 0.15) is 42.7 Å². The number of hydrogen-bond acceptors (Lipinski definition) is 5. The van der Waals surface area contributed by atoms with E-state index >= 15 is 0 Å². The summed E-state index contributed by atoms with van der Waals surface area (Å²) in [6.07, 6.45) is 2.40. The maximum Gasteiger partial charge on any atom is 0.305 e. The number of carbonyl (C=O) groups is 1. The third-order valence-electron chi connectivity index (χ3n) is 4.60. The van der Waals surface area contributed by atoms with Crippen molar-refractivity contribution in [2.75, 3.05) is 13.7 Å². The van der Waals surface area contributed by atoms with Gasteiger partial charge in [0.15, 0.2) is 0 Å². The molecule has 1 aromatic rings. The van der Waals surface area contributed by atoms with Crippen molar-refractivity contribution >= 4 is 5.97 Å². The van der Waals surface area contributed by atoms with Gasteiger partial charge < -0.3 is 20.1 Å². The van der Waals surface area contributed by atoms with E-state index in [1.54, 1.807) is 0 Å². The molecule has 3 atom stereocenters. The lowest BCUT2D eigenvalue weighted by Crippen LogP contribution is -2.21. The molecule has 0 spiro atoms. The zero-order valence-corrected chi connectivity index (χ0v) is 12.9. The fourth-order valence-corrected chi connectivity index (χ4v) is 3.32. The second-order valence-corrected chi connectivity index (χ2v) is 5.88. The summed E-state index contributed by atoms with van der Waals surface area (Å²) in [5.41, 5.74) is 1.57. The first kappa shape index (κ1) is 16.8. The molecule has 1 aromatic carbocycles. The van der Waals surface area contributed by atoms with Gasteiger partial charge in [0.05, 0.1) is 13.2 Å². The van der Waals surface area contributed by atoms with Crippen LogP contribution in [0.2, 0.25) is 0 Å². The Balaban J connectivity index is 2.10. The van der Waals surface area contributed by atoms with Gasteiger partial charge >= 0.3 is 5.97 Å². The highest BCUT2D eigenvalue weighted by Crippen LogP contribution is 2.43. The number of hydrogen-bond donors (Lipinski definition) is 3. The molecule has 0 aromatic heterocycles. The molecule has 5 heteroatoms. The Kier molecular flexibility index (Phi) is 5.80. The van der Waals surface area contributed by atoms with E-state index in [4.69, 9.17) is 0 Å². The zero-order valence-electron chi connectivity index (χ0n) is 12.9. The molecule has 5 nitrogen and oxygen atoms in total. The van der Waals surface area contributed by atoms with E-state index in [-0.39, 0.29) is 30.2 Å². The summed E-state index contributed by atoms with van der Waals surface area (Å²) in [7, 11) is 1.36. The quantitative estimate of drug-likeness (QED) is 0.697. The molecule has 1 aliphatic rings. The maximum atomic E-state index is 11.1. The maximum absolute atomic E-state index is 11.1. The second-order valence-electron chi connectivity index (χ2n) is 5.88. The number of carbonyl (C=O) groups excluding carboxylic acids is 1. The van der Waals surface area contributed by atoms with Crippen LogP contribution in [0, 0.1) is 5.92 Å². The Morgan fingerprint density at radius 2 is 2.14 bits per heavy atom. The number of aliphatic hydroxyl groups excluding tert-OH is 2. The molecule has 1 aliphatic carbocycles. The number of ether oxygens (including phenoxy) is 1. The number of aliphatic hydroxyl groups is 2. The fraction of sp³-hybridized carbons (Fsp3) is 0.588. The normalized spacial score (nSPS) is 24.4. The summed E-state index contributed by atoms with van der Waals surface area (Å²) < 4.78 is 4.61. The molecule has 22 heavy (non-hydrogen) atoms. The van der Waals surface area contributed by atoms with Crippen LogP contribution in [0.5, 0.6) is 5.75 Å². The van der Waals surface area contributed by atoms with Crippen molar-refractivity contribution in [2.45, 2.75) is 44.1 Å². The average molecular weight is 308 g/mol. The molecule has 2 rings (SSSR count). The monoisotopic (exact) mass is 308 g/mol. The Labute approximate surface area is 130 Å². The largest absolute Gasteiger partial charge is 0.507 e. The van der Waals surface area contributed by atoms with Crippen molar-refractivity contribution in [3.8, 4) is 5.75 Å². The molecule has 0 bridgehead atoms. The van der Waals surface area contributed by atoms with E-state index in [9.17, 15) is 20.1 Å². The van der Waals surface area contributed by atoms with Crippen molar-refractivity contribution in [2.24, 2.45) is 5.92 Å². The number of benzene rings is 1. The van der Waals surface area contributed by atoms with Gasteiger partial charge in [0, 0.05) is 18.9 Å². The number of phenolic OH excluding ortho intramolecular Hbond substituents is 1. The van der Waals surface area contributed by atoms with Gasteiger partial charge in [0.25, 0.3) is 0 Å². The van der Waals surface area contributed by atoms with Crippen LogP contribution in [0.3, 0.4) is 0 Å². The Bertz CT molecular complexity index is 514. The van der Waals surface area contributed by atoms with Crippen LogP contribution in [0.25, 0.3) is 0 Å². The number of esters is 1. The summed E-state index contributed by atoms with van der Waals surface area (Å²) in [5, 5.41) is 29.9. The first-order valence-electron chi connectivity index (χ1n) is 7.75. The molecular formula is C17H24O5. The molecule has 1 fully saturated rings. The molecule has 0 heterocycles. The number of methoxy groups -OCH3 is 1. The summed E-state index contributed by atoms with van der Waals surface area (Å²) in [5.74, 6) is -0.281. The number of rotatable bonds is 6. The Morgan fingerprint density at radius 1 is 1.36 bits per heavy atom. The Morgan fingerprint density at radius 3 is 2.82 bits per heavy atom. The molecule has 3 N–H and O–H groups in total. The summed E-state index contributed by atoms with van der Waals surface area (Å²) >= 11 is 0. The van der Waals surface area contributed by atoms with Crippen LogP contribution >= 0.6 is 0 Å². The minimum absolute atomic E-state index is 0.0273. The third kappa shape index (κ3) is 3.59. The van der Waals surface area contributed by atoms with Crippen molar-refractivity contribution < 1.29 is 24.9 Å². The molecule has 0 radical (unpaired) electrons. The van der Waals surface area contributed by atoms with Crippen LogP contribution in [-0.4, -0.2) is 41.1 Å². The standard InChI is InChI=1S/C17H24O5/c1-22-16(20)7-3-5-11-4-2-6-13(17(11)21)12-8-9-15(19)14(12)10-18/h2,4,6,12,14-15,18-19,21H,3,5,7-10H2,1H3/t12-,14-,15-/m1/s1. The van der Waals surface area contributed by atoms with Gasteiger partial charge in [-0.2, -0.15) is 0 Å². The first-order valence-corrected chi connectivity index (χ1v) is 7.75. The molecule has 122 valence electrons. The van der Waals surface area contributed by atoms with E-state index in [2.05, 4.69) is 4.74 Å². The van der Waals surface area contributed by atoms with E-state index in [1.807, 2.05) is 18.2 Å². The van der Waals surface area contributed by atoms with Crippen LogP contribution < -0.4 is 0 Å². The SMILES string of the molecule is COC(=O)CCCc1cccc([C@H]2CC[C@@H](O)[C@@H]2CO)c1O. The lowest BCUT2D eigenvalue weighted by molar-refractivity contribution is -0.140. The van der Waals surface area contributed by atoms with E-state index in [0.29, 0.717) is 25.7 Å². The summed E-state index contributed by atoms with van der Waals surface area (Å²) in [6.45, 7) is -0.0855. The second kappa shape index (κ2) is 7.61. The van der Waals surface area contributed by atoms with Crippen LogP contribution in [-0.2, 0) is 16.0 Å². The van der Waals surface area contributed by atoms with E-state index in [0.717, 1.165) is 17.5 Å². The molecule has 1 saturated carbocycles. The van der Waals surface area contributed by atoms with Gasteiger partial charge in [0.2, 0.25) is 0 Å². The highest BCUT2D eigenvalue weighted by molar-refractivity contribution is 5.69. The van der Waals surface area contributed by atoms with Gasteiger partial charge in [0.1, 0.15) is 5.75 Å². The first-order chi connectivity index (χ1) is 10.6. The summed E-state index contributed by atoms with van der Waals surface area (Å²) in [6, 6.07) is 5.57.